The SMILES string of the molecule is COC(=O)c1ccccc1N1C(=O)[C@@H]2[C@H](C1=O)[C@H]1CCCN1[C@H]2C(=O)c1ccc(F)cc1. The summed E-state index contributed by atoms with van der Waals surface area (Å²) in [6.07, 6.45) is 1.53. The third-order valence-corrected chi connectivity index (χ3v) is 6.80. The van der Waals surface area contributed by atoms with Crippen molar-refractivity contribution >= 4 is 29.3 Å². The molecule has 7 nitrogen and oxygen atoms in total. The van der Waals surface area contributed by atoms with Gasteiger partial charge in [-0.1, -0.05) is 12.1 Å². The van der Waals surface area contributed by atoms with E-state index >= 15 is 0 Å². The lowest BCUT2D eigenvalue weighted by Crippen LogP contribution is -2.46. The van der Waals surface area contributed by atoms with E-state index in [-0.39, 0.29) is 23.1 Å². The standard InChI is InChI=1S/C24H21FN2O5/c1-32-24(31)15-5-2-3-6-16(15)27-22(29)18-17-7-4-12-26(17)20(19(18)23(27)30)21(28)13-8-10-14(25)11-9-13/h2-3,5-6,8-11,17-20H,4,7,12H2,1H3/t17-,18-,19-,20-/m1/s1. The number of Topliss-reactive ketones (excluding diaryl/α,β-unsaturated/α-hetero) is 1. The van der Waals surface area contributed by atoms with Crippen LogP contribution < -0.4 is 4.90 Å². The van der Waals surface area contributed by atoms with Gasteiger partial charge in [-0.05, 0) is 55.8 Å². The molecule has 3 aliphatic heterocycles. The number of carbonyl (C=O) groups is 4. The molecule has 5 rings (SSSR count). The van der Waals surface area contributed by atoms with Crippen molar-refractivity contribution in [3.05, 3.63) is 65.5 Å². The Morgan fingerprint density at radius 3 is 2.41 bits per heavy atom. The van der Waals surface area contributed by atoms with Crippen molar-refractivity contribution in [3.8, 4) is 0 Å². The monoisotopic (exact) mass is 436 g/mol. The van der Waals surface area contributed by atoms with Crippen LogP contribution in [-0.2, 0) is 14.3 Å². The number of ketones is 1. The second-order valence-electron chi connectivity index (χ2n) is 8.34. The minimum absolute atomic E-state index is 0.112. The average molecular weight is 436 g/mol. The van der Waals surface area contributed by atoms with Gasteiger partial charge in [0, 0.05) is 11.6 Å². The molecule has 0 N–H and O–H groups in total. The largest absolute Gasteiger partial charge is 0.465 e. The Bertz CT molecular complexity index is 1130. The number of anilines is 1. The second kappa shape index (κ2) is 7.63. The maximum atomic E-state index is 13.6. The van der Waals surface area contributed by atoms with Crippen LogP contribution in [0.25, 0.3) is 0 Å². The number of imide groups is 1. The van der Waals surface area contributed by atoms with E-state index in [0.717, 1.165) is 11.3 Å². The molecule has 3 fully saturated rings. The highest BCUT2D eigenvalue weighted by Crippen LogP contribution is 2.48. The number of fused-ring (bicyclic) bond motifs is 3. The van der Waals surface area contributed by atoms with E-state index in [0.29, 0.717) is 18.5 Å². The fourth-order valence-electron chi connectivity index (χ4n) is 5.49. The van der Waals surface area contributed by atoms with Crippen LogP contribution in [-0.4, -0.2) is 54.2 Å². The van der Waals surface area contributed by atoms with E-state index in [2.05, 4.69) is 0 Å². The number of hydrogen-bond acceptors (Lipinski definition) is 6. The molecule has 3 heterocycles. The minimum Gasteiger partial charge on any atom is -0.465 e. The first kappa shape index (κ1) is 20.5. The molecule has 32 heavy (non-hydrogen) atoms. The first-order valence-corrected chi connectivity index (χ1v) is 10.5. The molecule has 0 radical (unpaired) electrons. The molecule has 2 amide bonds. The Morgan fingerprint density at radius 2 is 1.69 bits per heavy atom. The summed E-state index contributed by atoms with van der Waals surface area (Å²) in [5.41, 5.74) is 0.582. The first-order valence-electron chi connectivity index (χ1n) is 10.5. The van der Waals surface area contributed by atoms with Crippen LogP contribution in [0.1, 0.15) is 33.6 Å². The fraction of sp³-hybridized carbons (Fsp3) is 0.333. The van der Waals surface area contributed by atoms with Crippen molar-refractivity contribution in [1.82, 2.24) is 4.90 Å². The predicted molar refractivity (Wildman–Crippen MR) is 112 cm³/mol. The fourth-order valence-corrected chi connectivity index (χ4v) is 5.49. The highest BCUT2D eigenvalue weighted by Gasteiger charge is 2.65. The summed E-state index contributed by atoms with van der Waals surface area (Å²) in [5, 5.41) is 0. The van der Waals surface area contributed by atoms with Gasteiger partial charge in [-0.2, -0.15) is 0 Å². The smallest absolute Gasteiger partial charge is 0.339 e. The highest BCUT2D eigenvalue weighted by atomic mass is 19.1. The maximum absolute atomic E-state index is 13.6. The van der Waals surface area contributed by atoms with Crippen molar-refractivity contribution in [3.63, 3.8) is 0 Å². The molecule has 0 aromatic heterocycles. The number of hydrogen-bond donors (Lipinski definition) is 0. The molecule has 0 aliphatic carbocycles. The van der Waals surface area contributed by atoms with Gasteiger partial charge in [0.15, 0.2) is 5.78 Å². The number of halogens is 1. The predicted octanol–water partition coefficient (Wildman–Crippen LogP) is 2.45. The quantitative estimate of drug-likeness (QED) is 0.416. The van der Waals surface area contributed by atoms with E-state index in [1.807, 2.05) is 4.90 Å². The summed E-state index contributed by atoms with van der Waals surface area (Å²) in [7, 11) is 1.23. The molecule has 0 saturated carbocycles. The Labute approximate surface area is 183 Å². The zero-order valence-electron chi connectivity index (χ0n) is 17.4. The van der Waals surface area contributed by atoms with Crippen LogP contribution >= 0.6 is 0 Å². The number of benzene rings is 2. The van der Waals surface area contributed by atoms with Crippen molar-refractivity contribution < 1.29 is 28.3 Å². The van der Waals surface area contributed by atoms with Gasteiger partial charge in [0.2, 0.25) is 11.8 Å². The van der Waals surface area contributed by atoms with E-state index in [9.17, 15) is 23.6 Å². The molecule has 0 bridgehead atoms. The van der Waals surface area contributed by atoms with Crippen molar-refractivity contribution in [2.45, 2.75) is 24.9 Å². The molecule has 8 heteroatoms. The van der Waals surface area contributed by atoms with Crippen LogP contribution in [0.3, 0.4) is 0 Å². The maximum Gasteiger partial charge on any atom is 0.339 e. The zero-order valence-corrected chi connectivity index (χ0v) is 17.4. The summed E-state index contributed by atoms with van der Waals surface area (Å²) in [5.74, 6) is -3.81. The Kier molecular flexibility index (Phi) is 4.89. The Hall–Kier alpha value is -3.39. The van der Waals surface area contributed by atoms with Gasteiger partial charge in [0.1, 0.15) is 5.82 Å². The first-order chi connectivity index (χ1) is 15.4. The number of rotatable bonds is 4. The Morgan fingerprint density at radius 1 is 1.00 bits per heavy atom. The molecular weight excluding hydrogens is 415 g/mol. The summed E-state index contributed by atoms with van der Waals surface area (Å²) in [4.78, 5) is 55.8. The van der Waals surface area contributed by atoms with Crippen LogP contribution in [0, 0.1) is 17.7 Å². The summed E-state index contributed by atoms with van der Waals surface area (Å²) >= 11 is 0. The van der Waals surface area contributed by atoms with Gasteiger partial charge in [0.25, 0.3) is 0 Å². The summed E-state index contributed by atoms with van der Waals surface area (Å²) < 4.78 is 18.2. The topological polar surface area (TPSA) is 84.0 Å². The minimum atomic E-state index is -0.851. The Balaban J connectivity index is 1.56. The van der Waals surface area contributed by atoms with E-state index < -0.39 is 41.5 Å². The van der Waals surface area contributed by atoms with Crippen LogP contribution in [0.2, 0.25) is 0 Å². The molecule has 0 unspecified atom stereocenters. The van der Waals surface area contributed by atoms with E-state index in [4.69, 9.17) is 4.74 Å². The van der Waals surface area contributed by atoms with Gasteiger partial charge in [-0.25, -0.2) is 14.1 Å². The third-order valence-electron chi connectivity index (χ3n) is 6.80. The van der Waals surface area contributed by atoms with Crippen molar-refractivity contribution in [1.29, 1.82) is 0 Å². The lowest BCUT2D eigenvalue weighted by molar-refractivity contribution is -0.123. The van der Waals surface area contributed by atoms with Gasteiger partial charge in [-0.3, -0.25) is 19.3 Å². The van der Waals surface area contributed by atoms with Crippen LogP contribution in [0.4, 0.5) is 10.1 Å². The molecular formula is C24H21FN2O5. The van der Waals surface area contributed by atoms with Crippen molar-refractivity contribution in [2.24, 2.45) is 11.8 Å². The number of esters is 1. The summed E-state index contributed by atoms with van der Waals surface area (Å²) in [6.45, 7) is 0.620. The highest BCUT2D eigenvalue weighted by molar-refractivity contribution is 6.26. The second-order valence-corrected chi connectivity index (χ2v) is 8.34. The third kappa shape index (κ3) is 2.90. The summed E-state index contributed by atoms with van der Waals surface area (Å²) in [6, 6.07) is 10.5. The number of ether oxygens (including phenoxy) is 1. The molecule has 164 valence electrons. The normalized spacial score (nSPS) is 26.9. The lowest BCUT2D eigenvalue weighted by atomic mass is 9.85. The molecule has 3 saturated heterocycles. The number of methoxy groups -OCH3 is 1. The lowest BCUT2D eigenvalue weighted by Gasteiger charge is -2.28. The molecule has 4 atom stereocenters. The number of carbonyl (C=O) groups excluding carboxylic acids is 4. The average Bonchev–Trinajstić information content (AvgIpc) is 3.45. The van der Waals surface area contributed by atoms with Crippen LogP contribution in [0.15, 0.2) is 48.5 Å². The number of amides is 2. The molecule has 0 spiro atoms. The van der Waals surface area contributed by atoms with Gasteiger partial charge in [0.05, 0.1) is 36.2 Å². The number of para-hydroxylation sites is 1. The van der Waals surface area contributed by atoms with Gasteiger partial charge >= 0.3 is 5.97 Å². The molecule has 2 aromatic rings. The molecule has 3 aliphatic rings. The van der Waals surface area contributed by atoms with E-state index in [1.54, 1.807) is 12.1 Å². The van der Waals surface area contributed by atoms with Gasteiger partial charge in [-0.15, -0.1) is 0 Å². The van der Waals surface area contributed by atoms with E-state index in [1.165, 1.54) is 43.5 Å². The van der Waals surface area contributed by atoms with Crippen LogP contribution in [0.5, 0.6) is 0 Å². The van der Waals surface area contributed by atoms with Crippen molar-refractivity contribution in [2.75, 3.05) is 18.6 Å². The zero-order chi connectivity index (χ0) is 22.6. The molecule has 2 aromatic carbocycles. The van der Waals surface area contributed by atoms with Gasteiger partial charge < -0.3 is 4.74 Å². The number of nitrogens with zero attached hydrogens (tertiary/aromatic N) is 2.